The first-order valence-electron chi connectivity index (χ1n) is 5.26. The second kappa shape index (κ2) is 5.41. The molecule has 1 saturated carbocycles. The standard InChI is InChI=1S/C11H14Br2N2/c12-9-4-10(13)11(15-6-9)7-14-5-8-2-1-3-8/h4,6,8,14H,1-3,5,7H2. The van der Waals surface area contributed by atoms with Crippen molar-refractivity contribution >= 4 is 31.9 Å². The Morgan fingerprint density at radius 3 is 2.80 bits per heavy atom. The molecule has 0 atom stereocenters. The molecule has 0 amide bonds. The first-order valence-corrected chi connectivity index (χ1v) is 6.85. The van der Waals surface area contributed by atoms with E-state index in [1.54, 1.807) is 0 Å². The van der Waals surface area contributed by atoms with E-state index in [0.29, 0.717) is 0 Å². The zero-order valence-electron chi connectivity index (χ0n) is 8.47. The largest absolute Gasteiger partial charge is 0.311 e. The van der Waals surface area contributed by atoms with E-state index in [1.807, 2.05) is 12.3 Å². The minimum Gasteiger partial charge on any atom is -0.311 e. The van der Waals surface area contributed by atoms with Crippen LogP contribution in [0.3, 0.4) is 0 Å². The Labute approximate surface area is 107 Å². The molecular formula is C11H14Br2N2. The van der Waals surface area contributed by atoms with Gasteiger partial charge in [0.15, 0.2) is 0 Å². The molecule has 0 saturated heterocycles. The van der Waals surface area contributed by atoms with Crippen LogP contribution in [0.4, 0.5) is 0 Å². The molecule has 15 heavy (non-hydrogen) atoms. The third-order valence-electron chi connectivity index (χ3n) is 2.83. The highest BCUT2D eigenvalue weighted by Crippen LogP contribution is 2.25. The molecule has 0 unspecified atom stereocenters. The smallest absolute Gasteiger partial charge is 0.0684 e. The third kappa shape index (κ3) is 3.26. The molecule has 0 bridgehead atoms. The van der Waals surface area contributed by atoms with Crippen molar-refractivity contribution in [3.8, 4) is 0 Å². The van der Waals surface area contributed by atoms with E-state index >= 15 is 0 Å². The van der Waals surface area contributed by atoms with Crippen molar-refractivity contribution in [1.29, 1.82) is 0 Å². The van der Waals surface area contributed by atoms with Gasteiger partial charge < -0.3 is 5.32 Å². The van der Waals surface area contributed by atoms with Crippen LogP contribution in [0.5, 0.6) is 0 Å². The molecule has 1 fully saturated rings. The van der Waals surface area contributed by atoms with Crippen LogP contribution in [0.15, 0.2) is 21.2 Å². The summed E-state index contributed by atoms with van der Waals surface area (Å²) in [7, 11) is 0. The number of pyridine rings is 1. The zero-order chi connectivity index (χ0) is 10.7. The lowest BCUT2D eigenvalue weighted by atomic mass is 9.85. The minimum atomic E-state index is 0.852. The first-order chi connectivity index (χ1) is 7.25. The molecule has 0 radical (unpaired) electrons. The Hall–Kier alpha value is 0.0700. The predicted molar refractivity (Wildman–Crippen MR) is 68.7 cm³/mol. The van der Waals surface area contributed by atoms with E-state index in [9.17, 15) is 0 Å². The molecule has 1 N–H and O–H groups in total. The first kappa shape index (κ1) is 11.6. The van der Waals surface area contributed by atoms with Crippen molar-refractivity contribution in [3.63, 3.8) is 0 Å². The van der Waals surface area contributed by atoms with Gasteiger partial charge >= 0.3 is 0 Å². The molecule has 1 heterocycles. The van der Waals surface area contributed by atoms with Gasteiger partial charge in [-0.1, -0.05) is 6.42 Å². The topological polar surface area (TPSA) is 24.9 Å². The van der Waals surface area contributed by atoms with Gasteiger partial charge in [0.1, 0.15) is 0 Å². The van der Waals surface area contributed by atoms with Gasteiger partial charge in [0.2, 0.25) is 0 Å². The summed E-state index contributed by atoms with van der Waals surface area (Å²) in [5.41, 5.74) is 1.08. The molecule has 0 aromatic carbocycles. The molecule has 1 aliphatic rings. The summed E-state index contributed by atoms with van der Waals surface area (Å²) in [6.07, 6.45) is 6.03. The van der Waals surface area contributed by atoms with E-state index in [-0.39, 0.29) is 0 Å². The summed E-state index contributed by atoms with van der Waals surface area (Å²) in [5.74, 6) is 0.902. The van der Waals surface area contributed by atoms with Gasteiger partial charge in [-0.15, -0.1) is 0 Å². The lowest BCUT2D eigenvalue weighted by Crippen LogP contribution is -2.27. The molecule has 82 valence electrons. The predicted octanol–water partition coefficient (Wildman–Crippen LogP) is 3.50. The summed E-state index contributed by atoms with van der Waals surface area (Å²) < 4.78 is 2.08. The molecular weight excluding hydrogens is 320 g/mol. The van der Waals surface area contributed by atoms with Crippen molar-refractivity contribution in [1.82, 2.24) is 10.3 Å². The fraction of sp³-hybridized carbons (Fsp3) is 0.545. The van der Waals surface area contributed by atoms with Crippen molar-refractivity contribution in [2.75, 3.05) is 6.54 Å². The van der Waals surface area contributed by atoms with Crippen molar-refractivity contribution in [2.24, 2.45) is 5.92 Å². The maximum absolute atomic E-state index is 4.36. The average Bonchev–Trinajstić information content (AvgIpc) is 2.12. The normalized spacial score (nSPS) is 16.4. The van der Waals surface area contributed by atoms with E-state index in [4.69, 9.17) is 0 Å². The Morgan fingerprint density at radius 1 is 1.40 bits per heavy atom. The van der Waals surface area contributed by atoms with Crippen molar-refractivity contribution < 1.29 is 0 Å². The van der Waals surface area contributed by atoms with Gasteiger partial charge in [0.25, 0.3) is 0 Å². The number of rotatable bonds is 4. The van der Waals surface area contributed by atoms with Gasteiger partial charge in [0, 0.05) is 21.7 Å². The molecule has 1 aromatic rings. The quantitative estimate of drug-likeness (QED) is 0.912. The molecule has 1 aliphatic carbocycles. The summed E-state index contributed by atoms with van der Waals surface area (Å²) in [6, 6.07) is 2.04. The fourth-order valence-electron chi connectivity index (χ4n) is 1.66. The van der Waals surface area contributed by atoms with Crippen LogP contribution in [-0.2, 0) is 6.54 Å². The van der Waals surface area contributed by atoms with Crippen LogP contribution >= 0.6 is 31.9 Å². The summed E-state index contributed by atoms with van der Waals surface area (Å²) in [5, 5.41) is 3.46. The third-order valence-corrected chi connectivity index (χ3v) is 3.95. The van der Waals surface area contributed by atoms with Gasteiger partial charge in [0.05, 0.1) is 5.69 Å². The molecule has 1 aromatic heterocycles. The maximum Gasteiger partial charge on any atom is 0.0684 e. The molecule has 2 nitrogen and oxygen atoms in total. The van der Waals surface area contributed by atoms with Gasteiger partial charge in [-0.2, -0.15) is 0 Å². The minimum absolute atomic E-state index is 0.852. The molecule has 0 spiro atoms. The number of hydrogen-bond donors (Lipinski definition) is 1. The van der Waals surface area contributed by atoms with Crippen LogP contribution in [-0.4, -0.2) is 11.5 Å². The maximum atomic E-state index is 4.36. The number of aromatic nitrogens is 1. The Balaban J connectivity index is 1.81. The number of hydrogen-bond acceptors (Lipinski definition) is 2. The van der Waals surface area contributed by atoms with Crippen LogP contribution in [0, 0.1) is 5.92 Å². The average molecular weight is 334 g/mol. The van der Waals surface area contributed by atoms with Gasteiger partial charge in [-0.05, 0) is 63.2 Å². The lowest BCUT2D eigenvalue weighted by molar-refractivity contribution is 0.301. The van der Waals surface area contributed by atoms with E-state index < -0.39 is 0 Å². The van der Waals surface area contributed by atoms with Crippen LogP contribution in [0.2, 0.25) is 0 Å². The fourth-order valence-corrected chi connectivity index (χ4v) is 2.79. The van der Waals surface area contributed by atoms with Crippen LogP contribution in [0.1, 0.15) is 25.0 Å². The Bertz CT molecular complexity index is 337. The number of nitrogens with one attached hydrogen (secondary N) is 1. The van der Waals surface area contributed by atoms with Crippen LogP contribution in [0.25, 0.3) is 0 Å². The Kier molecular flexibility index (Phi) is 4.17. The number of halogens is 2. The molecule has 2 rings (SSSR count). The van der Waals surface area contributed by atoms with Crippen molar-refractivity contribution in [2.45, 2.75) is 25.8 Å². The summed E-state index contributed by atoms with van der Waals surface area (Å²) in [6.45, 7) is 1.98. The van der Waals surface area contributed by atoms with Crippen molar-refractivity contribution in [3.05, 3.63) is 26.9 Å². The summed E-state index contributed by atoms with van der Waals surface area (Å²) in [4.78, 5) is 4.36. The van der Waals surface area contributed by atoms with Gasteiger partial charge in [-0.3, -0.25) is 4.98 Å². The van der Waals surface area contributed by atoms with E-state index in [0.717, 1.165) is 33.6 Å². The highest BCUT2D eigenvalue weighted by Gasteiger charge is 2.16. The number of nitrogens with zero attached hydrogens (tertiary/aromatic N) is 1. The monoisotopic (exact) mass is 332 g/mol. The molecule has 0 aliphatic heterocycles. The second-order valence-corrected chi connectivity index (χ2v) is 5.78. The summed E-state index contributed by atoms with van der Waals surface area (Å²) >= 11 is 6.91. The highest BCUT2D eigenvalue weighted by molar-refractivity contribution is 9.11. The Morgan fingerprint density at radius 2 is 2.20 bits per heavy atom. The zero-order valence-corrected chi connectivity index (χ0v) is 11.6. The molecule has 4 heteroatoms. The van der Waals surface area contributed by atoms with Gasteiger partial charge in [-0.25, -0.2) is 0 Å². The SMILES string of the molecule is Brc1cnc(CNCC2CCC2)c(Br)c1. The van der Waals surface area contributed by atoms with E-state index in [1.165, 1.54) is 19.3 Å². The lowest BCUT2D eigenvalue weighted by Gasteiger charge is -2.25. The van der Waals surface area contributed by atoms with E-state index in [2.05, 4.69) is 42.2 Å². The second-order valence-electron chi connectivity index (χ2n) is 4.01. The highest BCUT2D eigenvalue weighted by atomic mass is 79.9. The van der Waals surface area contributed by atoms with Crippen LogP contribution < -0.4 is 5.32 Å².